The van der Waals surface area contributed by atoms with Crippen LogP contribution in [0.25, 0.3) is 5.69 Å². The molecule has 25 heavy (non-hydrogen) atoms. The number of hydrogen-bond acceptors (Lipinski definition) is 1. The molecular weight excluding hydrogens is 315 g/mol. The average molecular weight is 337 g/mol. The standard InChI is InChI=1S/C21H22FN2O/c1-4-17-9-11-23(12-10-17)14-21(25)18-13-15(2)24(16(18)3)20-8-6-5-7-19(20)22/h5-13H,4,14H2,1-3H3/q+1. The number of aromatic nitrogens is 2. The Labute approximate surface area is 147 Å². The monoisotopic (exact) mass is 337 g/mol. The van der Waals surface area contributed by atoms with Crippen molar-refractivity contribution in [2.75, 3.05) is 0 Å². The summed E-state index contributed by atoms with van der Waals surface area (Å²) < 4.78 is 17.8. The molecule has 0 aliphatic carbocycles. The highest BCUT2D eigenvalue weighted by molar-refractivity contribution is 5.96. The Morgan fingerprint density at radius 1 is 1.12 bits per heavy atom. The number of halogens is 1. The van der Waals surface area contributed by atoms with Crippen molar-refractivity contribution in [2.45, 2.75) is 33.7 Å². The summed E-state index contributed by atoms with van der Waals surface area (Å²) in [6.45, 7) is 6.12. The highest BCUT2D eigenvalue weighted by Gasteiger charge is 2.20. The minimum absolute atomic E-state index is 0.0185. The quantitative estimate of drug-likeness (QED) is 0.511. The zero-order valence-corrected chi connectivity index (χ0v) is 14.8. The van der Waals surface area contributed by atoms with Crippen molar-refractivity contribution in [1.82, 2.24) is 4.57 Å². The van der Waals surface area contributed by atoms with Crippen LogP contribution in [-0.4, -0.2) is 10.4 Å². The van der Waals surface area contributed by atoms with Gasteiger partial charge in [0.15, 0.2) is 12.4 Å². The Balaban J connectivity index is 1.91. The van der Waals surface area contributed by atoms with Gasteiger partial charge >= 0.3 is 0 Å². The maximum absolute atomic E-state index is 14.2. The molecule has 3 aromatic rings. The van der Waals surface area contributed by atoms with Crippen LogP contribution in [0.4, 0.5) is 4.39 Å². The Morgan fingerprint density at radius 3 is 2.44 bits per heavy atom. The first-order valence-corrected chi connectivity index (χ1v) is 8.46. The number of nitrogens with zero attached hydrogens (tertiary/aromatic N) is 2. The second-order valence-corrected chi connectivity index (χ2v) is 6.23. The summed E-state index contributed by atoms with van der Waals surface area (Å²) in [5.74, 6) is -0.280. The zero-order chi connectivity index (χ0) is 18.0. The van der Waals surface area contributed by atoms with Crippen molar-refractivity contribution < 1.29 is 13.8 Å². The lowest BCUT2D eigenvalue weighted by Gasteiger charge is -2.10. The molecule has 3 rings (SSSR count). The molecule has 0 atom stereocenters. The van der Waals surface area contributed by atoms with E-state index in [0.29, 0.717) is 11.3 Å². The Morgan fingerprint density at radius 2 is 1.80 bits per heavy atom. The van der Waals surface area contributed by atoms with E-state index in [9.17, 15) is 9.18 Å². The molecule has 0 bridgehead atoms. The Kier molecular flexibility index (Phi) is 4.79. The fourth-order valence-corrected chi connectivity index (χ4v) is 3.13. The van der Waals surface area contributed by atoms with E-state index in [1.165, 1.54) is 11.6 Å². The van der Waals surface area contributed by atoms with E-state index in [1.807, 2.05) is 49.0 Å². The smallest absolute Gasteiger partial charge is 0.229 e. The van der Waals surface area contributed by atoms with Crippen LogP contribution in [0.2, 0.25) is 0 Å². The topological polar surface area (TPSA) is 25.9 Å². The summed E-state index contributed by atoms with van der Waals surface area (Å²) in [7, 11) is 0. The van der Waals surface area contributed by atoms with Gasteiger partial charge in [0.05, 0.1) is 5.69 Å². The third kappa shape index (κ3) is 3.38. The number of Topliss-reactive ketones (excluding diaryl/α,β-unsaturated/α-hetero) is 1. The fourth-order valence-electron chi connectivity index (χ4n) is 3.13. The summed E-state index contributed by atoms with van der Waals surface area (Å²) in [4.78, 5) is 12.7. The summed E-state index contributed by atoms with van der Waals surface area (Å²) in [6, 6.07) is 12.5. The number of carbonyl (C=O) groups excluding carboxylic acids is 1. The van der Waals surface area contributed by atoms with Gasteiger partial charge in [-0.25, -0.2) is 4.39 Å². The van der Waals surface area contributed by atoms with Crippen LogP contribution >= 0.6 is 0 Å². The van der Waals surface area contributed by atoms with Crippen LogP contribution < -0.4 is 4.57 Å². The van der Waals surface area contributed by atoms with Crippen molar-refractivity contribution in [3.8, 4) is 5.69 Å². The predicted octanol–water partition coefficient (Wildman–Crippen LogP) is 3.97. The van der Waals surface area contributed by atoms with E-state index in [4.69, 9.17) is 0 Å². The lowest BCUT2D eigenvalue weighted by atomic mass is 10.1. The van der Waals surface area contributed by atoms with Crippen molar-refractivity contribution in [1.29, 1.82) is 0 Å². The maximum Gasteiger partial charge on any atom is 0.229 e. The van der Waals surface area contributed by atoms with Gasteiger partial charge in [0.2, 0.25) is 12.3 Å². The molecule has 0 radical (unpaired) electrons. The van der Waals surface area contributed by atoms with Gasteiger partial charge in [0, 0.05) is 29.1 Å². The normalized spacial score (nSPS) is 10.9. The van der Waals surface area contributed by atoms with Crippen molar-refractivity contribution in [2.24, 2.45) is 0 Å². The summed E-state index contributed by atoms with van der Waals surface area (Å²) in [5.41, 5.74) is 3.95. The van der Waals surface area contributed by atoms with E-state index in [2.05, 4.69) is 6.92 Å². The largest absolute Gasteiger partial charge is 0.315 e. The second-order valence-electron chi connectivity index (χ2n) is 6.23. The van der Waals surface area contributed by atoms with Gasteiger partial charge in [0.1, 0.15) is 5.82 Å². The molecule has 4 heteroatoms. The van der Waals surface area contributed by atoms with Gasteiger partial charge < -0.3 is 4.57 Å². The molecule has 3 nitrogen and oxygen atoms in total. The van der Waals surface area contributed by atoms with Crippen LogP contribution in [0.3, 0.4) is 0 Å². The van der Waals surface area contributed by atoms with Crippen LogP contribution in [0, 0.1) is 19.7 Å². The van der Waals surface area contributed by atoms with Crippen LogP contribution in [0.15, 0.2) is 54.9 Å². The van der Waals surface area contributed by atoms with Crippen molar-refractivity contribution in [3.05, 3.63) is 83.2 Å². The first kappa shape index (κ1) is 17.1. The lowest BCUT2D eigenvalue weighted by molar-refractivity contribution is -0.683. The number of carbonyl (C=O) groups is 1. The first-order chi connectivity index (χ1) is 12.0. The third-order valence-corrected chi connectivity index (χ3v) is 4.52. The van der Waals surface area contributed by atoms with Gasteiger partial charge in [0.25, 0.3) is 0 Å². The number of benzene rings is 1. The Bertz CT molecular complexity index is 910. The number of pyridine rings is 1. The first-order valence-electron chi connectivity index (χ1n) is 8.46. The second kappa shape index (κ2) is 7.01. The molecular formula is C21H22FN2O+. The van der Waals surface area contributed by atoms with Crippen molar-refractivity contribution in [3.63, 3.8) is 0 Å². The summed E-state index contributed by atoms with van der Waals surface area (Å²) in [5, 5.41) is 0. The number of rotatable bonds is 5. The van der Waals surface area contributed by atoms with Gasteiger partial charge in [-0.15, -0.1) is 0 Å². The van der Waals surface area contributed by atoms with Crippen LogP contribution in [0.5, 0.6) is 0 Å². The molecule has 0 fully saturated rings. The van der Waals surface area contributed by atoms with Crippen molar-refractivity contribution >= 4 is 5.78 Å². The molecule has 0 saturated heterocycles. The maximum atomic E-state index is 14.2. The highest BCUT2D eigenvalue weighted by Crippen LogP contribution is 2.23. The third-order valence-electron chi connectivity index (χ3n) is 4.52. The molecule has 0 N–H and O–H groups in total. The minimum Gasteiger partial charge on any atom is -0.315 e. The lowest BCUT2D eigenvalue weighted by Crippen LogP contribution is -2.37. The highest BCUT2D eigenvalue weighted by atomic mass is 19.1. The number of aryl methyl sites for hydroxylation is 2. The number of hydrogen-bond donors (Lipinski definition) is 0. The van der Waals surface area contributed by atoms with E-state index in [-0.39, 0.29) is 18.1 Å². The molecule has 2 aromatic heterocycles. The van der Waals surface area contributed by atoms with E-state index >= 15 is 0 Å². The van der Waals surface area contributed by atoms with Gasteiger partial charge in [-0.2, -0.15) is 4.57 Å². The molecule has 0 amide bonds. The molecule has 0 unspecified atom stereocenters. The zero-order valence-electron chi connectivity index (χ0n) is 14.8. The summed E-state index contributed by atoms with van der Waals surface area (Å²) >= 11 is 0. The van der Waals surface area contributed by atoms with E-state index < -0.39 is 0 Å². The molecule has 0 saturated carbocycles. The van der Waals surface area contributed by atoms with E-state index in [1.54, 1.807) is 22.8 Å². The van der Waals surface area contributed by atoms with Crippen LogP contribution in [0.1, 0.15) is 34.2 Å². The van der Waals surface area contributed by atoms with Gasteiger partial charge in [-0.3, -0.25) is 4.79 Å². The number of ketones is 1. The molecule has 128 valence electrons. The molecule has 0 spiro atoms. The summed E-state index contributed by atoms with van der Waals surface area (Å²) in [6.07, 6.45) is 4.82. The minimum atomic E-state index is -0.298. The fraction of sp³-hybridized carbons (Fsp3) is 0.238. The Hall–Kier alpha value is -2.75. The molecule has 2 heterocycles. The molecule has 0 aliphatic heterocycles. The average Bonchev–Trinajstić information content (AvgIpc) is 2.91. The SMILES string of the molecule is CCc1cc[n+](CC(=O)c2cc(C)n(-c3ccccc3F)c2C)cc1. The van der Waals surface area contributed by atoms with Crippen LogP contribution in [-0.2, 0) is 13.0 Å². The molecule has 0 aliphatic rings. The predicted molar refractivity (Wildman–Crippen MR) is 95.5 cm³/mol. The van der Waals surface area contributed by atoms with Gasteiger partial charge in [-0.05, 0) is 44.0 Å². The van der Waals surface area contributed by atoms with Gasteiger partial charge in [-0.1, -0.05) is 19.1 Å². The number of para-hydroxylation sites is 1. The van der Waals surface area contributed by atoms with E-state index in [0.717, 1.165) is 17.8 Å². The molecule has 1 aromatic carbocycles.